The second-order valence-corrected chi connectivity index (χ2v) is 5.73. The van der Waals surface area contributed by atoms with Crippen LogP contribution in [-0.2, 0) is 6.54 Å². The van der Waals surface area contributed by atoms with Crippen molar-refractivity contribution >= 4 is 5.69 Å². The third kappa shape index (κ3) is 1.74. The Bertz CT molecular complexity index is 628. The fraction of sp³-hybridized carbons (Fsp3) is 0.353. The van der Waals surface area contributed by atoms with Gasteiger partial charge in [0.2, 0.25) is 0 Å². The standard InChI is InChI=1S/C17H19N3/c18-11-14-10-15(12-4-2-1-3-5-12)17-16(19-14)13-6-8-20(17)9-7-13/h1-5,10,13H,6-9,11,18H2. The zero-order valence-corrected chi connectivity index (χ0v) is 11.5. The Labute approximate surface area is 119 Å². The molecule has 2 aromatic rings. The van der Waals surface area contributed by atoms with Crippen LogP contribution in [-0.4, -0.2) is 18.1 Å². The van der Waals surface area contributed by atoms with E-state index in [0.29, 0.717) is 12.5 Å². The minimum absolute atomic E-state index is 0.514. The van der Waals surface area contributed by atoms with Gasteiger partial charge < -0.3 is 10.6 Å². The predicted molar refractivity (Wildman–Crippen MR) is 81.8 cm³/mol. The lowest BCUT2D eigenvalue weighted by Gasteiger charge is -2.42. The molecule has 3 aliphatic rings. The SMILES string of the molecule is NCc1cc(-c2ccccc2)c2c(n1)C1CCN2CC1. The fourth-order valence-electron chi connectivity index (χ4n) is 3.55. The number of nitrogens with zero attached hydrogens (tertiary/aromatic N) is 2. The van der Waals surface area contributed by atoms with Gasteiger partial charge in [-0.05, 0) is 24.5 Å². The summed E-state index contributed by atoms with van der Waals surface area (Å²) in [6.07, 6.45) is 2.48. The van der Waals surface area contributed by atoms with Gasteiger partial charge in [-0.3, -0.25) is 4.98 Å². The third-order valence-corrected chi connectivity index (χ3v) is 4.56. The van der Waals surface area contributed by atoms with Crippen molar-refractivity contribution in [2.45, 2.75) is 25.3 Å². The molecule has 0 spiro atoms. The van der Waals surface area contributed by atoms with Crippen molar-refractivity contribution in [2.24, 2.45) is 5.73 Å². The molecule has 1 fully saturated rings. The number of benzene rings is 1. The zero-order valence-electron chi connectivity index (χ0n) is 11.5. The maximum atomic E-state index is 5.85. The lowest BCUT2D eigenvalue weighted by Crippen LogP contribution is -2.40. The first kappa shape index (κ1) is 11.9. The van der Waals surface area contributed by atoms with Crippen LogP contribution in [0.25, 0.3) is 11.1 Å². The second kappa shape index (κ2) is 4.60. The number of fused-ring (bicyclic) bond motifs is 2. The molecule has 1 saturated heterocycles. The molecular weight excluding hydrogens is 246 g/mol. The molecule has 4 heterocycles. The van der Waals surface area contributed by atoms with Crippen LogP contribution in [0.3, 0.4) is 0 Å². The van der Waals surface area contributed by atoms with Crippen LogP contribution in [0.15, 0.2) is 36.4 Å². The first-order valence-corrected chi connectivity index (χ1v) is 7.41. The molecule has 3 heteroatoms. The van der Waals surface area contributed by atoms with E-state index in [1.54, 1.807) is 0 Å². The molecule has 0 saturated carbocycles. The molecule has 0 atom stereocenters. The summed E-state index contributed by atoms with van der Waals surface area (Å²) in [6.45, 7) is 2.85. The van der Waals surface area contributed by atoms with Crippen LogP contribution < -0.4 is 10.6 Å². The predicted octanol–water partition coefficient (Wildman–Crippen LogP) is 2.90. The van der Waals surface area contributed by atoms with Gasteiger partial charge in [0.15, 0.2) is 0 Å². The number of rotatable bonds is 2. The van der Waals surface area contributed by atoms with Crippen molar-refractivity contribution < 1.29 is 0 Å². The summed E-state index contributed by atoms with van der Waals surface area (Å²) in [5, 5.41) is 0. The lowest BCUT2D eigenvalue weighted by atomic mass is 9.84. The molecule has 0 unspecified atom stereocenters. The van der Waals surface area contributed by atoms with Crippen molar-refractivity contribution in [2.75, 3.05) is 18.0 Å². The molecule has 1 aromatic carbocycles. The second-order valence-electron chi connectivity index (χ2n) is 5.73. The number of aromatic nitrogens is 1. The monoisotopic (exact) mass is 265 g/mol. The van der Waals surface area contributed by atoms with Crippen LogP contribution >= 0.6 is 0 Å². The van der Waals surface area contributed by atoms with Crippen LogP contribution in [0.1, 0.15) is 30.1 Å². The molecule has 3 nitrogen and oxygen atoms in total. The van der Waals surface area contributed by atoms with E-state index in [0.717, 1.165) is 5.69 Å². The Morgan fingerprint density at radius 1 is 1.15 bits per heavy atom. The smallest absolute Gasteiger partial charge is 0.0679 e. The number of hydrogen-bond donors (Lipinski definition) is 1. The molecule has 20 heavy (non-hydrogen) atoms. The highest BCUT2D eigenvalue weighted by atomic mass is 15.2. The van der Waals surface area contributed by atoms with Gasteiger partial charge in [0, 0.05) is 31.1 Å². The van der Waals surface area contributed by atoms with Crippen LogP contribution in [0, 0.1) is 0 Å². The van der Waals surface area contributed by atoms with Gasteiger partial charge >= 0.3 is 0 Å². The maximum Gasteiger partial charge on any atom is 0.0679 e. The molecule has 3 aliphatic heterocycles. The Balaban J connectivity index is 1.96. The number of piperidine rings is 1. The van der Waals surface area contributed by atoms with Crippen molar-refractivity contribution in [1.29, 1.82) is 0 Å². The van der Waals surface area contributed by atoms with E-state index in [4.69, 9.17) is 10.7 Å². The molecule has 0 amide bonds. The van der Waals surface area contributed by atoms with E-state index in [2.05, 4.69) is 41.3 Å². The molecule has 0 radical (unpaired) electrons. The number of hydrogen-bond acceptors (Lipinski definition) is 3. The lowest BCUT2D eigenvalue weighted by molar-refractivity contribution is 0.463. The fourth-order valence-corrected chi connectivity index (χ4v) is 3.55. The largest absolute Gasteiger partial charge is 0.370 e. The zero-order chi connectivity index (χ0) is 13.5. The Kier molecular flexibility index (Phi) is 2.74. The molecule has 0 aliphatic carbocycles. The van der Waals surface area contributed by atoms with E-state index in [1.165, 1.54) is 48.4 Å². The van der Waals surface area contributed by atoms with Gasteiger partial charge in [0.05, 0.1) is 17.1 Å². The minimum atomic E-state index is 0.514. The quantitative estimate of drug-likeness (QED) is 0.908. The van der Waals surface area contributed by atoms with Crippen LogP contribution in [0.4, 0.5) is 5.69 Å². The summed E-state index contributed by atoms with van der Waals surface area (Å²) < 4.78 is 0. The molecular formula is C17H19N3. The molecule has 102 valence electrons. The number of pyridine rings is 1. The van der Waals surface area contributed by atoms with Gasteiger partial charge in [-0.25, -0.2) is 0 Å². The average Bonchev–Trinajstić information content (AvgIpc) is 2.55. The summed E-state index contributed by atoms with van der Waals surface area (Å²) in [6, 6.07) is 12.8. The Morgan fingerprint density at radius 2 is 1.90 bits per heavy atom. The maximum absolute atomic E-state index is 5.85. The first-order chi connectivity index (χ1) is 9.86. The van der Waals surface area contributed by atoms with Gasteiger partial charge in [-0.1, -0.05) is 30.3 Å². The van der Waals surface area contributed by atoms with E-state index >= 15 is 0 Å². The van der Waals surface area contributed by atoms with Crippen molar-refractivity contribution in [3.63, 3.8) is 0 Å². The highest BCUT2D eigenvalue weighted by Gasteiger charge is 2.34. The van der Waals surface area contributed by atoms with Gasteiger partial charge in [-0.2, -0.15) is 0 Å². The van der Waals surface area contributed by atoms with Crippen molar-refractivity contribution in [3.05, 3.63) is 47.8 Å². The normalized spacial score (nSPS) is 17.4. The minimum Gasteiger partial charge on any atom is -0.370 e. The molecule has 5 rings (SSSR count). The molecule has 2 N–H and O–H groups in total. The van der Waals surface area contributed by atoms with Crippen LogP contribution in [0.2, 0.25) is 0 Å². The van der Waals surface area contributed by atoms with Gasteiger partial charge in [0.1, 0.15) is 0 Å². The Hall–Kier alpha value is -1.87. The average molecular weight is 265 g/mol. The van der Waals surface area contributed by atoms with Gasteiger partial charge in [0.25, 0.3) is 0 Å². The van der Waals surface area contributed by atoms with E-state index in [1.807, 2.05) is 0 Å². The van der Waals surface area contributed by atoms with E-state index in [9.17, 15) is 0 Å². The number of anilines is 1. The van der Waals surface area contributed by atoms with Crippen molar-refractivity contribution in [1.82, 2.24) is 4.98 Å². The highest BCUT2D eigenvalue weighted by Crippen LogP contribution is 2.46. The summed E-state index contributed by atoms with van der Waals surface area (Å²) in [7, 11) is 0. The third-order valence-electron chi connectivity index (χ3n) is 4.56. The molecule has 1 aromatic heterocycles. The summed E-state index contributed by atoms with van der Waals surface area (Å²) in [5.41, 5.74) is 12.1. The van der Waals surface area contributed by atoms with Crippen molar-refractivity contribution in [3.8, 4) is 11.1 Å². The molecule has 2 bridgehead atoms. The summed E-state index contributed by atoms with van der Waals surface area (Å²) >= 11 is 0. The topological polar surface area (TPSA) is 42.1 Å². The summed E-state index contributed by atoms with van der Waals surface area (Å²) in [4.78, 5) is 7.34. The Morgan fingerprint density at radius 3 is 2.60 bits per heavy atom. The van der Waals surface area contributed by atoms with Crippen LogP contribution in [0.5, 0.6) is 0 Å². The first-order valence-electron chi connectivity index (χ1n) is 7.41. The number of nitrogens with two attached hydrogens (primary N) is 1. The van der Waals surface area contributed by atoms with E-state index in [-0.39, 0.29) is 0 Å². The summed E-state index contributed by atoms with van der Waals surface area (Å²) in [5.74, 6) is 0.629. The highest BCUT2D eigenvalue weighted by molar-refractivity contribution is 5.82. The van der Waals surface area contributed by atoms with Gasteiger partial charge in [-0.15, -0.1) is 0 Å². The van der Waals surface area contributed by atoms with E-state index < -0.39 is 0 Å².